The zero-order chi connectivity index (χ0) is 30.4. The monoisotopic (exact) mass is 586 g/mol. The second-order valence-corrected chi connectivity index (χ2v) is 12.6. The SMILES string of the molecule is N[C@@H]1CC=Cc2c1ccc1c3cc(-c4cccc(-c5ccc6c7c(cccc57)-c5ccccc5-6)c4)ccc3n(-c3ccccc3)c21. The van der Waals surface area contributed by atoms with Crippen LogP contribution in [-0.2, 0) is 0 Å². The molecule has 2 nitrogen and oxygen atoms in total. The summed E-state index contributed by atoms with van der Waals surface area (Å²) in [5.74, 6) is 0. The summed E-state index contributed by atoms with van der Waals surface area (Å²) in [6, 6.07) is 51.3. The van der Waals surface area contributed by atoms with E-state index in [9.17, 15) is 0 Å². The number of para-hydroxylation sites is 1. The zero-order valence-corrected chi connectivity index (χ0v) is 25.2. The van der Waals surface area contributed by atoms with Crippen LogP contribution in [0.3, 0.4) is 0 Å². The highest BCUT2D eigenvalue weighted by Crippen LogP contribution is 2.49. The predicted octanol–water partition coefficient (Wildman–Crippen LogP) is 11.3. The molecule has 0 saturated heterocycles. The van der Waals surface area contributed by atoms with E-state index in [4.69, 9.17) is 5.73 Å². The molecule has 8 aromatic rings. The Balaban J connectivity index is 1.16. The Hall–Kier alpha value is -5.70. The average molecular weight is 587 g/mol. The number of benzene rings is 7. The minimum absolute atomic E-state index is 0.0185. The third kappa shape index (κ3) is 3.56. The topological polar surface area (TPSA) is 30.9 Å². The molecule has 0 saturated carbocycles. The van der Waals surface area contributed by atoms with Crippen molar-refractivity contribution in [3.63, 3.8) is 0 Å². The quantitative estimate of drug-likeness (QED) is 0.219. The molecule has 2 aliphatic rings. The lowest BCUT2D eigenvalue weighted by Gasteiger charge is -2.20. The van der Waals surface area contributed by atoms with E-state index in [1.54, 1.807) is 0 Å². The van der Waals surface area contributed by atoms with Crippen LogP contribution in [0.2, 0.25) is 0 Å². The largest absolute Gasteiger partial charge is 0.324 e. The third-order valence-electron chi connectivity index (χ3n) is 10.1. The van der Waals surface area contributed by atoms with Crippen molar-refractivity contribution >= 4 is 38.7 Å². The second kappa shape index (κ2) is 9.65. The molecule has 2 heteroatoms. The molecule has 1 heterocycles. The Morgan fingerprint density at radius 1 is 0.522 bits per heavy atom. The Kier molecular flexibility index (Phi) is 5.37. The standard InChI is InChI=1S/C44H30N2/c45-41-18-8-17-38-34(41)21-23-39-40-26-28(19-24-42(40)46(44(38)39)30-11-2-1-3-12-30)27-9-6-10-29(25-27)31-20-22-37-33-14-5-4-13-32(33)36-16-7-15-35(31)43(36)37/h1-17,19-26,41H,18,45H2/t41-/m1/s1. The van der Waals surface area contributed by atoms with Crippen molar-refractivity contribution in [2.45, 2.75) is 12.5 Å². The average Bonchev–Trinajstić information content (AvgIpc) is 3.63. The fraction of sp³-hybridized carbons (Fsp3) is 0.0455. The third-order valence-corrected chi connectivity index (χ3v) is 10.1. The molecule has 1 atom stereocenters. The summed E-state index contributed by atoms with van der Waals surface area (Å²) in [5, 5.41) is 5.17. The first-order valence-electron chi connectivity index (χ1n) is 16.1. The molecule has 2 N–H and O–H groups in total. The minimum Gasteiger partial charge on any atom is -0.324 e. The Morgan fingerprint density at radius 2 is 1.24 bits per heavy atom. The number of nitrogens with zero attached hydrogens (tertiary/aromatic N) is 1. The first kappa shape index (κ1) is 25.6. The Bertz CT molecular complexity index is 2540. The van der Waals surface area contributed by atoms with E-state index < -0.39 is 0 Å². The fourth-order valence-corrected chi connectivity index (χ4v) is 8.06. The lowest BCUT2D eigenvalue weighted by Crippen LogP contribution is -2.13. The van der Waals surface area contributed by atoms with Crippen molar-refractivity contribution in [3.8, 4) is 50.2 Å². The van der Waals surface area contributed by atoms with Crippen molar-refractivity contribution in [2.24, 2.45) is 5.73 Å². The molecule has 2 aliphatic carbocycles. The van der Waals surface area contributed by atoms with Gasteiger partial charge in [0.15, 0.2) is 0 Å². The molecule has 0 unspecified atom stereocenters. The fourth-order valence-electron chi connectivity index (χ4n) is 8.06. The van der Waals surface area contributed by atoms with E-state index in [2.05, 4.69) is 156 Å². The van der Waals surface area contributed by atoms with Gasteiger partial charge in [0.25, 0.3) is 0 Å². The zero-order valence-electron chi connectivity index (χ0n) is 25.2. The van der Waals surface area contributed by atoms with Crippen molar-refractivity contribution in [3.05, 3.63) is 157 Å². The van der Waals surface area contributed by atoms with Crippen LogP contribution in [0.4, 0.5) is 0 Å². The number of rotatable bonds is 3. The summed E-state index contributed by atoms with van der Waals surface area (Å²) >= 11 is 0. The Morgan fingerprint density at radius 3 is 2.11 bits per heavy atom. The lowest BCUT2D eigenvalue weighted by molar-refractivity contribution is 0.734. The van der Waals surface area contributed by atoms with Gasteiger partial charge >= 0.3 is 0 Å². The molecular weight excluding hydrogens is 556 g/mol. The molecule has 216 valence electrons. The van der Waals surface area contributed by atoms with Gasteiger partial charge in [0.2, 0.25) is 0 Å². The van der Waals surface area contributed by atoms with Crippen molar-refractivity contribution < 1.29 is 0 Å². The molecule has 1 aromatic heterocycles. The van der Waals surface area contributed by atoms with Gasteiger partial charge in [0, 0.05) is 28.1 Å². The van der Waals surface area contributed by atoms with E-state index in [-0.39, 0.29) is 6.04 Å². The molecule has 0 radical (unpaired) electrons. The van der Waals surface area contributed by atoms with Crippen LogP contribution in [-0.4, -0.2) is 4.57 Å². The Labute approximate surface area is 267 Å². The molecule has 7 aromatic carbocycles. The molecule has 0 aliphatic heterocycles. The van der Waals surface area contributed by atoms with Gasteiger partial charge in [0.05, 0.1) is 11.0 Å². The van der Waals surface area contributed by atoms with Crippen LogP contribution in [0, 0.1) is 0 Å². The number of hydrogen-bond donors (Lipinski definition) is 1. The van der Waals surface area contributed by atoms with E-state index in [1.807, 2.05) is 0 Å². The van der Waals surface area contributed by atoms with Crippen LogP contribution in [0.25, 0.3) is 88.8 Å². The minimum atomic E-state index is 0.0185. The van der Waals surface area contributed by atoms with Crippen LogP contribution in [0.15, 0.2) is 146 Å². The van der Waals surface area contributed by atoms with Gasteiger partial charge < -0.3 is 10.3 Å². The smallest absolute Gasteiger partial charge is 0.0616 e. The maximum Gasteiger partial charge on any atom is 0.0616 e. The number of aromatic nitrogens is 1. The first-order chi connectivity index (χ1) is 22.7. The highest BCUT2D eigenvalue weighted by molar-refractivity contribution is 6.19. The summed E-state index contributed by atoms with van der Waals surface area (Å²) in [4.78, 5) is 0. The van der Waals surface area contributed by atoms with Gasteiger partial charge in [-0.05, 0) is 97.6 Å². The first-order valence-corrected chi connectivity index (χ1v) is 16.1. The van der Waals surface area contributed by atoms with Gasteiger partial charge in [-0.25, -0.2) is 0 Å². The maximum absolute atomic E-state index is 6.60. The maximum atomic E-state index is 6.60. The molecule has 0 amide bonds. The van der Waals surface area contributed by atoms with Gasteiger partial charge in [0.1, 0.15) is 0 Å². The molecule has 0 spiro atoms. The summed E-state index contributed by atoms with van der Waals surface area (Å²) in [7, 11) is 0. The van der Waals surface area contributed by atoms with Crippen molar-refractivity contribution in [2.75, 3.05) is 0 Å². The van der Waals surface area contributed by atoms with Gasteiger partial charge in [-0.3, -0.25) is 0 Å². The summed E-state index contributed by atoms with van der Waals surface area (Å²) in [6.07, 6.45) is 5.35. The number of hydrogen-bond acceptors (Lipinski definition) is 1. The molecule has 10 rings (SSSR count). The molecule has 0 bridgehead atoms. The predicted molar refractivity (Wildman–Crippen MR) is 194 cm³/mol. The lowest BCUT2D eigenvalue weighted by atomic mass is 9.91. The second-order valence-electron chi connectivity index (χ2n) is 12.6. The van der Waals surface area contributed by atoms with Crippen LogP contribution < -0.4 is 5.73 Å². The summed E-state index contributed by atoms with van der Waals surface area (Å²) in [5.41, 5.74) is 22.9. The summed E-state index contributed by atoms with van der Waals surface area (Å²) < 4.78 is 2.41. The normalized spacial score (nSPS) is 14.7. The van der Waals surface area contributed by atoms with E-state index in [0.29, 0.717) is 0 Å². The van der Waals surface area contributed by atoms with Crippen molar-refractivity contribution in [1.29, 1.82) is 0 Å². The number of fused-ring (bicyclic) bond motifs is 8. The van der Waals surface area contributed by atoms with Crippen LogP contribution in [0.5, 0.6) is 0 Å². The highest BCUT2D eigenvalue weighted by Gasteiger charge is 2.23. The van der Waals surface area contributed by atoms with Crippen LogP contribution >= 0.6 is 0 Å². The molecular formula is C44H30N2. The van der Waals surface area contributed by atoms with Crippen LogP contribution in [0.1, 0.15) is 23.6 Å². The summed E-state index contributed by atoms with van der Waals surface area (Å²) in [6.45, 7) is 0. The van der Waals surface area contributed by atoms with Crippen molar-refractivity contribution in [1.82, 2.24) is 4.57 Å². The number of nitrogens with two attached hydrogens (primary N) is 1. The highest BCUT2D eigenvalue weighted by atomic mass is 15.0. The molecule has 46 heavy (non-hydrogen) atoms. The van der Waals surface area contributed by atoms with E-state index in [0.717, 1.165) is 12.1 Å². The van der Waals surface area contributed by atoms with E-state index in [1.165, 1.54) is 88.2 Å². The van der Waals surface area contributed by atoms with Gasteiger partial charge in [-0.1, -0.05) is 121 Å². The van der Waals surface area contributed by atoms with Gasteiger partial charge in [-0.2, -0.15) is 0 Å². The van der Waals surface area contributed by atoms with Gasteiger partial charge in [-0.15, -0.1) is 0 Å². The molecule has 0 fully saturated rings. The van der Waals surface area contributed by atoms with E-state index >= 15 is 0 Å².